The molecule has 0 aliphatic heterocycles. The summed E-state index contributed by atoms with van der Waals surface area (Å²) < 4.78 is 4.63. The second kappa shape index (κ2) is 12.1. The molecule has 0 fully saturated rings. The maximum absolute atomic E-state index is 11.1. The van der Waals surface area contributed by atoms with Gasteiger partial charge in [-0.3, -0.25) is 4.79 Å². The lowest BCUT2D eigenvalue weighted by atomic mass is 9.80. The Balaban J connectivity index is 2.51. The van der Waals surface area contributed by atoms with Gasteiger partial charge in [0, 0.05) is 12.3 Å². The lowest BCUT2D eigenvalue weighted by Crippen LogP contribution is -2.28. The zero-order chi connectivity index (χ0) is 20.3. The van der Waals surface area contributed by atoms with Crippen molar-refractivity contribution in [1.29, 1.82) is 0 Å². The largest absolute Gasteiger partial charge is 0.469 e. The van der Waals surface area contributed by atoms with Gasteiger partial charge in [0.15, 0.2) is 0 Å². The summed E-state index contributed by atoms with van der Waals surface area (Å²) in [6, 6.07) is 0. The Morgan fingerprint density at radius 3 is 2.78 bits per heavy atom. The van der Waals surface area contributed by atoms with Crippen LogP contribution in [-0.4, -0.2) is 35.5 Å². The first-order valence-corrected chi connectivity index (χ1v) is 10.3. The van der Waals surface area contributed by atoms with Gasteiger partial charge in [-0.05, 0) is 37.5 Å². The molecule has 0 bridgehead atoms. The molecule has 0 unspecified atom stereocenters. The van der Waals surface area contributed by atoms with E-state index in [1.54, 1.807) is 0 Å². The Kier molecular flexibility index (Phi) is 10.6. The Bertz CT molecular complexity index is 530. The predicted molar refractivity (Wildman–Crippen MR) is 110 cm³/mol. The Hall–Kier alpha value is -1.39. The molecule has 1 rings (SSSR count). The summed E-state index contributed by atoms with van der Waals surface area (Å²) in [7, 11) is 1.41. The molecule has 0 aromatic carbocycles. The van der Waals surface area contributed by atoms with E-state index in [-0.39, 0.29) is 17.3 Å². The number of ether oxygens (including phenoxy) is 1. The van der Waals surface area contributed by atoms with Crippen LogP contribution in [0.2, 0.25) is 0 Å². The SMILES string of the molecule is CCCCC(C)(C)[C@H](O)C=C[C@@H]1C(CC=CCCCC(=O)OC)=CC[C@H]1O. The number of aliphatic hydroxyl groups excluding tert-OH is 2. The number of methoxy groups -OCH3 is 1. The maximum Gasteiger partial charge on any atom is 0.305 e. The molecule has 0 saturated carbocycles. The number of allylic oxidation sites excluding steroid dienone is 2. The van der Waals surface area contributed by atoms with Crippen molar-refractivity contribution in [2.45, 2.75) is 84.3 Å². The van der Waals surface area contributed by atoms with Crippen molar-refractivity contribution in [2.75, 3.05) is 7.11 Å². The fourth-order valence-electron chi connectivity index (χ4n) is 3.34. The molecule has 0 amide bonds. The van der Waals surface area contributed by atoms with Crippen molar-refractivity contribution in [1.82, 2.24) is 0 Å². The van der Waals surface area contributed by atoms with Gasteiger partial charge in [0.05, 0.1) is 19.3 Å². The molecule has 0 heterocycles. The van der Waals surface area contributed by atoms with Crippen LogP contribution in [0.3, 0.4) is 0 Å². The van der Waals surface area contributed by atoms with Crippen LogP contribution in [0.25, 0.3) is 0 Å². The third-order valence-electron chi connectivity index (χ3n) is 5.44. The summed E-state index contributed by atoms with van der Waals surface area (Å²) in [6.07, 6.45) is 16.0. The minimum Gasteiger partial charge on any atom is -0.469 e. The molecular formula is C23H38O4. The van der Waals surface area contributed by atoms with E-state index in [1.165, 1.54) is 12.7 Å². The number of rotatable bonds is 12. The molecule has 3 atom stereocenters. The number of hydrogen-bond donors (Lipinski definition) is 2. The van der Waals surface area contributed by atoms with Gasteiger partial charge in [0.25, 0.3) is 0 Å². The first kappa shape index (κ1) is 23.6. The lowest BCUT2D eigenvalue weighted by molar-refractivity contribution is -0.140. The third kappa shape index (κ3) is 8.44. The van der Waals surface area contributed by atoms with Gasteiger partial charge in [-0.2, -0.15) is 0 Å². The predicted octanol–water partition coefficient (Wildman–Crippen LogP) is 4.72. The lowest BCUT2D eigenvalue weighted by Gasteiger charge is -2.29. The number of aliphatic hydroxyl groups is 2. The molecule has 0 radical (unpaired) electrons. The van der Waals surface area contributed by atoms with Gasteiger partial charge in [0.2, 0.25) is 0 Å². The highest BCUT2D eigenvalue weighted by molar-refractivity contribution is 5.69. The van der Waals surface area contributed by atoms with Crippen molar-refractivity contribution >= 4 is 5.97 Å². The van der Waals surface area contributed by atoms with Crippen LogP contribution in [0.4, 0.5) is 0 Å². The van der Waals surface area contributed by atoms with Gasteiger partial charge in [-0.15, -0.1) is 0 Å². The average molecular weight is 379 g/mol. The molecule has 2 N–H and O–H groups in total. The Labute approximate surface area is 165 Å². The van der Waals surface area contributed by atoms with Gasteiger partial charge in [-0.25, -0.2) is 0 Å². The summed E-state index contributed by atoms with van der Waals surface area (Å²) in [5.74, 6) is -0.197. The highest BCUT2D eigenvalue weighted by Crippen LogP contribution is 2.33. The van der Waals surface area contributed by atoms with Crippen LogP contribution in [0, 0.1) is 11.3 Å². The van der Waals surface area contributed by atoms with Crippen molar-refractivity contribution in [3.63, 3.8) is 0 Å². The van der Waals surface area contributed by atoms with Gasteiger partial charge in [-0.1, -0.05) is 69.6 Å². The standard InChI is InChI=1S/C23H38O4/c1-5-6-17-23(2,3)21(25)16-14-19-18(13-15-20(19)24)11-9-7-8-10-12-22(26)27-4/h7,9,13-14,16,19-21,24-25H,5-6,8,10-12,15,17H2,1-4H3/t19-,20-,21-/m1/s1. The fraction of sp³-hybridized carbons (Fsp3) is 0.696. The van der Waals surface area contributed by atoms with Crippen LogP contribution in [-0.2, 0) is 9.53 Å². The molecule has 0 saturated heterocycles. The highest BCUT2D eigenvalue weighted by Gasteiger charge is 2.28. The number of carbonyl (C=O) groups is 1. The van der Waals surface area contributed by atoms with Crippen LogP contribution >= 0.6 is 0 Å². The van der Waals surface area contributed by atoms with Crippen molar-refractivity contribution in [2.24, 2.45) is 11.3 Å². The summed E-state index contributed by atoms with van der Waals surface area (Å²) in [5, 5.41) is 20.8. The molecule has 154 valence electrons. The first-order chi connectivity index (χ1) is 12.8. The quantitative estimate of drug-likeness (QED) is 0.293. The van der Waals surface area contributed by atoms with Crippen LogP contribution in [0.1, 0.15) is 72.1 Å². The summed E-state index contributed by atoms with van der Waals surface area (Å²) in [6.45, 7) is 6.35. The van der Waals surface area contributed by atoms with E-state index >= 15 is 0 Å². The maximum atomic E-state index is 11.1. The normalized spacial score (nSPS) is 21.8. The second-order valence-corrected chi connectivity index (χ2v) is 8.17. The number of unbranched alkanes of at least 4 members (excludes halogenated alkanes) is 2. The van der Waals surface area contributed by atoms with E-state index in [0.29, 0.717) is 12.8 Å². The molecule has 0 spiro atoms. The zero-order valence-electron chi connectivity index (χ0n) is 17.5. The molecule has 4 heteroatoms. The van der Waals surface area contributed by atoms with Gasteiger partial charge < -0.3 is 14.9 Å². The van der Waals surface area contributed by atoms with Crippen molar-refractivity contribution in [3.05, 3.63) is 36.0 Å². The molecule has 1 aliphatic rings. The average Bonchev–Trinajstić information content (AvgIpc) is 3.00. The van der Waals surface area contributed by atoms with Crippen LogP contribution in [0.15, 0.2) is 36.0 Å². The van der Waals surface area contributed by atoms with E-state index in [0.717, 1.165) is 38.5 Å². The smallest absolute Gasteiger partial charge is 0.305 e. The minimum absolute atomic E-state index is 0.0265. The summed E-state index contributed by atoms with van der Waals surface area (Å²) >= 11 is 0. The number of carbonyl (C=O) groups excluding carboxylic acids is 1. The third-order valence-corrected chi connectivity index (χ3v) is 5.44. The second-order valence-electron chi connectivity index (χ2n) is 8.17. The fourth-order valence-corrected chi connectivity index (χ4v) is 3.34. The molecule has 0 aromatic heterocycles. The molecular weight excluding hydrogens is 340 g/mol. The minimum atomic E-state index is -0.507. The van der Waals surface area contributed by atoms with E-state index in [4.69, 9.17) is 0 Å². The van der Waals surface area contributed by atoms with Gasteiger partial charge in [0.1, 0.15) is 0 Å². The van der Waals surface area contributed by atoms with Crippen molar-refractivity contribution < 1.29 is 19.7 Å². The Morgan fingerprint density at radius 1 is 1.37 bits per heavy atom. The first-order valence-electron chi connectivity index (χ1n) is 10.3. The van der Waals surface area contributed by atoms with E-state index in [1.807, 2.05) is 12.2 Å². The van der Waals surface area contributed by atoms with Crippen LogP contribution in [0.5, 0.6) is 0 Å². The zero-order valence-corrected chi connectivity index (χ0v) is 17.5. The van der Waals surface area contributed by atoms with E-state index < -0.39 is 12.2 Å². The Morgan fingerprint density at radius 2 is 2.11 bits per heavy atom. The molecule has 4 nitrogen and oxygen atoms in total. The number of esters is 1. The van der Waals surface area contributed by atoms with E-state index in [9.17, 15) is 15.0 Å². The molecule has 27 heavy (non-hydrogen) atoms. The topological polar surface area (TPSA) is 66.8 Å². The van der Waals surface area contributed by atoms with Gasteiger partial charge >= 0.3 is 5.97 Å². The molecule has 0 aromatic rings. The van der Waals surface area contributed by atoms with Crippen molar-refractivity contribution in [3.8, 4) is 0 Å². The van der Waals surface area contributed by atoms with Crippen LogP contribution < -0.4 is 0 Å². The highest BCUT2D eigenvalue weighted by atomic mass is 16.5. The summed E-state index contributed by atoms with van der Waals surface area (Å²) in [5.41, 5.74) is 1.04. The molecule has 1 aliphatic carbocycles. The summed E-state index contributed by atoms with van der Waals surface area (Å²) in [4.78, 5) is 11.1. The monoisotopic (exact) mass is 378 g/mol. The number of hydrogen-bond acceptors (Lipinski definition) is 4. The van der Waals surface area contributed by atoms with E-state index in [2.05, 4.69) is 43.7 Å².